The fourth-order valence-corrected chi connectivity index (χ4v) is 0.842. The number of nitrogens with one attached hydrogen (secondary N) is 1. The molecule has 0 radical (unpaired) electrons. The molecule has 1 aromatic rings. The predicted molar refractivity (Wildman–Crippen MR) is 49.3 cm³/mol. The molecule has 76 valence electrons. The van der Waals surface area contributed by atoms with Crippen LogP contribution in [0, 0.1) is 6.92 Å². The van der Waals surface area contributed by atoms with Crippen molar-refractivity contribution in [1.29, 1.82) is 0 Å². The quantitative estimate of drug-likeness (QED) is 0.764. The maximum atomic E-state index is 10.8. The van der Waals surface area contributed by atoms with Gasteiger partial charge in [-0.3, -0.25) is 5.32 Å². The van der Waals surface area contributed by atoms with Crippen LogP contribution in [0.2, 0.25) is 0 Å². The van der Waals surface area contributed by atoms with Gasteiger partial charge in [-0.1, -0.05) is 0 Å². The minimum absolute atomic E-state index is 0.161. The number of aryl methyl sites for hydroxylation is 1. The van der Waals surface area contributed by atoms with Crippen LogP contribution >= 0.6 is 0 Å². The molecule has 6 nitrogen and oxygen atoms in total. The van der Waals surface area contributed by atoms with E-state index in [9.17, 15) is 4.79 Å². The Kier molecular flexibility index (Phi) is 3.22. The fraction of sp³-hybridized carbons (Fsp3) is 0.375. The molecule has 0 aliphatic heterocycles. The summed E-state index contributed by atoms with van der Waals surface area (Å²) in [5, 5.41) is 2.34. The number of methoxy groups -OCH3 is 2. The van der Waals surface area contributed by atoms with E-state index >= 15 is 0 Å². The fourth-order valence-electron chi connectivity index (χ4n) is 0.842. The highest BCUT2D eigenvalue weighted by Gasteiger charge is 2.05. The van der Waals surface area contributed by atoms with Crippen molar-refractivity contribution in [2.24, 2.45) is 0 Å². The number of hydrogen-bond donors (Lipinski definition) is 1. The number of carbonyl (C=O) groups excluding carboxylic acids is 1. The van der Waals surface area contributed by atoms with Crippen LogP contribution in [-0.4, -0.2) is 30.3 Å². The summed E-state index contributed by atoms with van der Waals surface area (Å²) in [6, 6.07) is 1.66. The molecule has 0 saturated heterocycles. The van der Waals surface area contributed by atoms with Gasteiger partial charge in [0.15, 0.2) is 0 Å². The van der Waals surface area contributed by atoms with Crippen LogP contribution < -0.4 is 10.1 Å². The Bertz CT molecular complexity index is 341. The summed E-state index contributed by atoms with van der Waals surface area (Å²) in [5.41, 5.74) is 0.697. The van der Waals surface area contributed by atoms with Crippen molar-refractivity contribution in [2.45, 2.75) is 6.92 Å². The molecule has 14 heavy (non-hydrogen) atoms. The van der Waals surface area contributed by atoms with Crippen molar-refractivity contribution in [1.82, 2.24) is 9.97 Å². The third-order valence-corrected chi connectivity index (χ3v) is 1.44. The number of ether oxygens (including phenoxy) is 2. The number of rotatable bonds is 2. The molecule has 0 spiro atoms. The largest absolute Gasteiger partial charge is 0.481 e. The van der Waals surface area contributed by atoms with Crippen molar-refractivity contribution in [2.75, 3.05) is 19.5 Å². The first-order chi connectivity index (χ1) is 6.65. The van der Waals surface area contributed by atoms with Crippen molar-refractivity contribution in [3.05, 3.63) is 11.8 Å². The second-order valence-electron chi connectivity index (χ2n) is 2.49. The van der Waals surface area contributed by atoms with Crippen molar-refractivity contribution in [3.8, 4) is 5.88 Å². The minimum atomic E-state index is -0.613. The standard InChI is InChI=1S/C8H11N3O3/c1-5-4-6(13-2)10-7(9-5)11-8(12)14-3/h4H,1-3H3,(H,9,10,11,12). The van der Waals surface area contributed by atoms with Gasteiger partial charge in [0.25, 0.3) is 0 Å². The second-order valence-corrected chi connectivity index (χ2v) is 2.49. The molecule has 1 rings (SSSR count). The average Bonchev–Trinajstić information content (AvgIpc) is 2.16. The Morgan fingerprint density at radius 1 is 1.43 bits per heavy atom. The number of carbonyl (C=O) groups is 1. The van der Waals surface area contributed by atoms with E-state index in [1.165, 1.54) is 14.2 Å². The van der Waals surface area contributed by atoms with E-state index in [0.717, 1.165) is 0 Å². The molecular formula is C8H11N3O3. The summed E-state index contributed by atoms with van der Waals surface area (Å²) in [6.07, 6.45) is -0.613. The van der Waals surface area contributed by atoms with Crippen LogP contribution in [0.25, 0.3) is 0 Å². The van der Waals surface area contributed by atoms with Crippen LogP contribution in [0.4, 0.5) is 10.7 Å². The minimum Gasteiger partial charge on any atom is -0.481 e. The molecule has 1 amide bonds. The summed E-state index contributed by atoms with van der Waals surface area (Å²) in [5.74, 6) is 0.553. The SMILES string of the molecule is COC(=O)Nc1nc(C)cc(OC)n1. The summed E-state index contributed by atoms with van der Waals surface area (Å²) in [6.45, 7) is 1.77. The van der Waals surface area contributed by atoms with Gasteiger partial charge in [-0.2, -0.15) is 4.98 Å². The van der Waals surface area contributed by atoms with Gasteiger partial charge in [0.2, 0.25) is 11.8 Å². The first kappa shape index (κ1) is 10.2. The lowest BCUT2D eigenvalue weighted by Crippen LogP contribution is -2.14. The van der Waals surface area contributed by atoms with Crippen molar-refractivity contribution in [3.63, 3.8) is 0 Å². The zero-order valence-corrected chi connectivity index (χ0v) is 8.20. The van der Waals surface area contributed by atoms with Crippen LogP contribution in [-0.2, 0) is 4.74 Å². The summed E-state index contributed by atoms with van der Waals surface area (Å²) >= 11 is 0. The third kappa shape index (κ3) is 2.58. The molecule has 1 heterocycles. The van der Waals surface area contributed by atoms with Gasteiger partial charge in [-0.15, -0.1) is 0 Å². The maximum absolute atomic E-state index is 10.8. The van der Waals surface area contributed by atoms with E-state index in [4.69, 9.17) is 4.74 Å². The highest BCUT2D eigenvalue weighted by atomic mass is 16.5. The number of aromatic nitrogens is 2. The van der Waals surface area contributed by atoms with Gasteiger partial charge in [-0.05, 0) is 6.92 Å². The summed E-state index contributed by atoms with van der Waals surface area (Å²) in [7, 11) is 2.76. The molecule has 1 aromatic heterocycles. The van der Waals surface area contributed by atoms with Gasteiger partial charge < -0.3 is 9.47 Å². The molecule has 6 heteroatoms. The Morgan fingerprint density at radius 2 is 2.14 bits per heavy atom. The van der Waals surface area contributed by atoms with E-state index in [0.29, 0.717) is 11.6 Å². The van der Waals surface area contributed by atoms with Gasteiger partial charge in [0.1, 0.15) is 0 Å². The number of nitrogens with zero attached hydrogens (tertiary/aromatic N) is 2. The molecule has 0 unspecified atom stereocenters. The molecule has 0 aliphatic rings. The Morgan fingerprint density at radius 3 is 2.71 bits per heavy atom. The van der Waals surface area contributed by atoms with Gasteiger partial charge in [-0.25, -0.2) is 9.78 Å². The van der Waals surface area contributed by atoms with Gasteiger partial charge in [0, 0.05) is 11.8 Å². The predicted octanol–water partition coefficient (Wildman–Crippen LogP) is 0.972. The first-order valence-corrected chi connectivity index (χ1v) is 3.90. The van der Waals surface area contributed by atoms with E-state index in [-0.39, 0.29) is 5.95 Å². The lowest BCUT2D eigenvalue weighted by molar-refractivity contribution is 0.186. The molecule has 0 saturated carbocycles. The molecule has 0 bridgehead atoms. The third-order valence-electron chi connectivity index (χ3n) is 1.44. The van der Waals surface area contributed by atoms with Gasteiger partial charge in [0.05, 0.1) is 14.2 Å². The van der Waals surface area contributed by atoms with Gasteiger partial charge >= 0.3 is 6.09 Å². The normalized spacial score (nSPS) is 9.36. The lowest BCUT2D eigenvalue weighted by Gasteiger charge is -2.04. The molecule has 1 N–H and O–H groups in total. The van der Waals surface area contributed by atoms with Crippen LogP contribution in [0.1, 0.15) is 5.69 Å². The summed E-state index contributed by atoms with van der Waals surface area (Å²) < 4.78 is 9.30. The Labute approximate surface area is 81.3 Å². The zero-order chi connectivity index (χ0) is 10.6. The molecule has 0 atom stereocenters. The first-order valence-electron chi connectivity index (χ1n) is 3.90. The van der Waals surface area contributed by atoms with Crippen LogP contribution in [0.3, 0.4) is 0 Å². The lowest BCUT2D eigenvalue weighted by atomic mass is 10.4. The number of anilines is 1. The van der Waals surface area contributed by atoms with Crippen molar-refractivity contribution < 1.29 is 14.3 Å². The highest BCUT2D eigenvalue weighted by molar-refractivity contribution is 5.82. The molecule has 0 aromatic carbocycles. The summed E-state index contributed by atoms with van der Waals surface area (Å²) in [4.78, 5) is 18.7. The van der Waals surface area contributed by atoms with E-state index in [2.05, 4.69) is 20.0 Å². The maximum Gasteiger partial charge on any atom is 0.413 e. The van der Waals surface area contributed by atoms with E-state index in [1.54, 1.807) is 13.0 Å². The highest BCUT2D eigenvalue weighted by Crippen LogP contribution is 2.10. The smallest absolute Gasteiger partial charge is 0.413 e. The monoisotopic (exact) mass is 197 g/mol. The van der Waals surface area contributed by atoms with Crippen molar-refractivity contribution >= 4 is 12.0 Å². The average molecular weight is 197 g/mol. The van der Waals surface area contributed by atoms with Crippen LogP contribution in [0.15, 0.2) is 6.07 Å². The van der Waals surface area contributed by atoms with E-state index < -0.39 is 6.09 Å². The number of amides is 1. The molecular weight excluding hydrogens is 186 g/mol. The number of hydrogen-bond acceptors (Lipinski definition) is 5. The second kappa shape index (κ2) is 4.40. The molecule has 0 aliphatic carbocycles. The van der Waals surface area contributed by atoms with Crippen LogP contribution in [0.5, 0.6) is 5.88 Å². The zero-order valence-electron chi connectivity index (χ0n) is 8.20. The Hall–Kier alpha value is -1.85. The Balaban J connectivity index is 2.86. The van der Waals surface area contributed by atoms with E-state index in [1.807, 2.05) is 0 Å². The molecule has 0 fully saturated rings. The topological polar surface area (TPSA) is 73.3 Å².